The molecule has 4 N–H and O–H groups in total. The molecule has 6 heteroatoms. The van der Waals surface area contributed by atoms with Gasteiger partial charge in [-0.05, 0) is 30.5 Å². The molecule has 0 saturated heterocycles. The smallest absolute Gasteiger partial charge is 0.221 e. The summed E-state index contributed by atoms with van der Waals surface area (Å²) in [4.78, 5) is 13.4. The number of aromatic nitrogens is 1. The van der Waals surface area contributed by atoms with Crippen molar-refractivity contribution in [3.8, 4) is 5.88 Å². The van der Waals surface area contributed by atoms with Crippen molar-refractivity contribution in [1.82, 2.24) is 10.4 Å². The standard InChI is InChI=1S/C17H22N2O.CH4N2O/c1-4-13-8-6-10-16(18-3)15(13)12-20-17-11-7-9-14(5-2)19-17;2-3-1-4/h6-11,18H,4-5,12H2,1-3H3;1H,2H2,(H,3,4). The molecule has 130 valence electrons. The molecule has 1 heterocycles. The van der Waals surface area contributed by atoms with Crippen molar-refractivity contribution < 1.29 is 9.53 Å². The molecule has 0 bridgehead atoms. The highest BCUT2D eigenvalue weighted by atomic mass is 16.5. The number of nitrogens with two attached hydrogens (primary N) is 1. The Balaban J connectivity index is 0.000000648. The van der Waals surface area contributed by atoms with E-state index in [0.29, 0.717) is 18.9 Å². The van der Waals surface area contributed by atoms with Gasteiger partial charge in [-0.25, -0.2) is 10.8 Å². The van der Waals surface area contributed by atoms with Gasteiger partial charge in [0, 0.05) is 30.1 Å². The number of anilines is 1. The average Bonchev–Trinajstić information content (AvgIpc) is 2.66. The largest absolute Gasteiger partial charge is 0.473 e. The fourth-order valence-electron chi connectivity index (χ4n) is 2.25. The minimum atomic E-state index is 0.403. The third-order valence-corrected chi connectivity index (χ3v) is 3.50. The van der Waals surface area contributed by atoms with Crippen LogP contribution in [-0.2, 0) is 24.2 Å². The second kappa shape index (κ2) is 11.0. The molecule has 1 aromatic carbocycles. The monoisotopic (exact) mass is 330 g/mol. The number of carbonyl (C=O) groups is 1. The minimum Gasteiger partial charge on any atom is -0.473 e. The van der Waals surface area contributed by atoms with Gasteiger partial charge in [-0.15, -0.1) is 0 Å². The van der Waals surface area contributed by atoms with Crippen molar-refractivity contribution in [2.75, 3.05) is 12.4 Å². The van der Waals surface area contributed by atoms with Crippen LogP contribution in [0.5, 0.6) is 5.88 Å². The molecule has 1 amide bonds. The van der Waals surface area contributed by atoms with Gasteiger partial charge in [-0.1, -0.05) is 32.0 Å². The molecule has 0 aliphatic rings. The summed E-state index contributed by atoms with van der Waals surface area (Å²) in [6, 6.07) is 12.2. The van der Waals surface area contributed by atoms with Crippen molar-refractivity contribution >= 4 is 12.1 Å². The Hall–Kier alpha value is -2.60. The summed E-state index contributed by atoms with van der Waals surface area (Å²) in [7, 11) is 1.94. The maximum Gasteiger partial charge on any atom is 0.221 e. The zero-order chi connectivity index (χ0) is 17.8. The molecular weight excluding hydrogens is 304 g/mol. The summed E-state index contributed by atoms with van der Waals surface area (Å²) in [5, 5.41) is 3.23. The van der Waals surface area contributed by atoms with Crippen molar-refractivity contribution in [1.29, 1.82) is 0 Å². The van der Waals surface area contributed by atoms with Crippen LogP contribution in [0.4, 0.5) is 5.69 Å². The molecule has 0 aliphatic heterocycles. The van der Waals surface area contributed by atoms with Crippen LogP contribution in [0, 0.1) is 0 Å². The summed E-state index contributed by atoms with van der Waals surface area (Å²) in [6.07, 6.45) is 2.32. The number of aryl methyl sites for hydroxylation is 2. The molecule has 0 saturated carbocycles. The highest BCUT2D eigenvalue weighted by molar-refractivity contribution is 5.54. The Morgan fingerprint density at radius 1 is 1.17 bits per heavy atom. The van der Waals surface area contributed by atoms with Gasteiger partial charge in [0.1, 0.15) is 6.61 Å². The lowest BCUT2D eigenvalue weighted by atomic mass is 10.0. The van der Waals surface area contributed by atoms with Crippen LogP contribution in [0.25, 0.3) is 0 Å². The molecule has 1 aromatic heterocycles. The number of benzene rings is 1. The lowest BCUT2D eigenvalue weighted by Gasteiger charge is -2.14. The Morgan fingerprint density at radius 3 is 2.46 bits per heavy atom. The maximum atomic E-state index is 8.94. The van der Waals surface area contributed by atoms with Crippen molar-refractivity contribution in [3.05, 3.63) is 53.2 Å². The molecule has 2 aromatic rings. The Morgan fingerprint density at radius 2 is 1.88 bits per heavy atom. The average molecular weight is 330 g/mol. The lowest BCUT2D eigenvalue weighted by molar-refractivity contribution is -0.109. The van der Waals surface area contributed by atoms with E-state index >= 15 is 0 Å². The summed E-state index contributed by atoms with van der Waals surface area (Å²) >= 11 is 0. The van der Waals surface area contributed by atoms with Gasteiger partial charge < -0.3 is 10.1 Å². The number of carbonyl (C=O) groups excluding carboxylic acids is 1. The summed E-state index contributed by atoms with van der Waals surface area (Å²) in [5.41, 5.74) is 6.45. The Labute approximate surface area is 143 Å². The first-order valence-corrected chi connectivity index (χ1v) is 7.97. The van der Waals surface area contributed by atoms with E-state index in [1.807, 2.05) is 25.2 Å². The fraction of sp³-hybridized carbons (Fsp3) is 0.333. The van der Waals surface area contributed by atoms with Crippen LogP contribution in [0.15, 0.2) is 36.4 Å². The van der Waals surface area contributed by atoms with Crippen LogP contribution in [-0.4, -0.2) is 18.4 Å². The van der Waals surface area contributed by atoms with Crippen LogP contribution in [0.2, 0.25) is 0 Å². The number of nitrogens with one attached hydrogen (secondary N) is 2. The topological polar surface area (TPSA) is 89.3 Å². The maximum absolute atomic E-state index is 8.94. The molecule has 0 radical (unpaired) electrons. The van der Waals surface area contributed by atoms with Gasteiger partial charge in [0.25, 0.3) is 0 Å². The highest BCUT2D eigenvalue weighted by Gasteiger charge is 2.07. The van der Waals surface area contributed by atoms with Gasteiger partial charge in [0.2, 0.25) is 12.3 Å². The number of amides is 1. The zero-order valence-electron chi connectivity index (χ0n) is 14.5. The Bertz CT molecular complexity index is 610. The van der Waals surface area contributed by atoms with Crippen LogP contribution in [0.3, 0.4) is 0 Å². The van der Waals surface area contributed by atoms with E-state index < -0.39 is 0 Å². The molecule has 0 fully saturated rings. The first kappa shape index (κ1) is 19.4. The van der Waals surface area contributed by atoms with E-state index in [9.17, 15) is 0 Å². The normalized spacial score (nSPS) is 9.50. The van der Waals surface area contributed by atoms with Crippen LogP contribution >= 0.6 is 0 Å². The van der Waals surface area contributed by atoms with Gasteiger partial charge in [-0.2, -0.15) is 0 Å². The first-order chi connectivity index (χ1) is 11.7. The quantitative estimate of drug-likeness (QED) is 0.314. The lowest BCUT2D eigenvalue weighted by Crippen LogP contribution is -2.18. The van der Waals surface area contributed by atoms with Gasteiger partial charge in [0.15, 0.2) is 0 Å². The molecule has 0 spiro atoms. The van der Waals surface area contributed by atoms with Crippen LogP contribution < -0.4 is 21.3 Å². The van der Waals surface area contributed by atoms with Crippen molar-refractivity contribution in [2.45, 2.75) is 33.3 Å². The molecule has 2 rings (SSSR count). The third-order valence-electron chi connectivity index (χ3n) is 3.50. The number of rotatable bonds is 7. The molecule has 6 nitrogen and oxygen atoms in total. The molecule has 24 heavy (non-hydrogen) atoms. The predicted octanol–water partition coefficient (Wildman–Crippen LogP) is 2.43. The van der Waals surface area contributed by atoms with E-state index in [1.165, 1.54) is 11.1 Å². The summed E-state index contributed by atoms with van der Waals surface area (Å²) in [6.45, 7) is 4.80. The minimum absolute atomic E-state index is 0.403. The van der Waals surface area contributed by atoms with Gasteiger partial charge in [0.05, 0.1) is 0 Å². The third kappa shape index (κ3) is 5.89. The Kier molecular flexibility index (Phi) is 8.93. The molecular formula is C18H26N4O2. The number of hydrogen-bond acceptors (Lipinski definition) is 5. The van der Waals surface area contributed by atoms with E-state index in [1.54, 1.807) is 5.43 Å². The molecule has 0 atom stereocenters. The van der Waals surface area contributed by atoms with E-state index in [4.69, 9.17) is 9.53 Å². The number of ether oxygens (including phenoxy) is 1. The second-order valence-corrected chi connectivity index (χ2v) is 4.94. The SMILES string of the molecule is CCc1cccc(OCc2c(CC)cccc2NC)n1.NNC=O. The summed E-state index contributed by atoms with van der Waals surface area (Å²) in [5.74, 6) is 5.10. The first-order valence-electron chi connectivity index (χ1n) is 7.97. The zero-order valence-corrected chi connectivity index (χ0v) is 14.5. The fourth-order valence-corrected chi connectivity index (χ4v) is 2.25. The number of hydrogen-bond donors (Lipinski definition) is 3. The highest BCUT2D eigenvalue weighted by Crippen LogP contribution is 2.22. The van der Waals surface area contributed by atoms with E-state index in [-0.39, 0.29) is 0 Å². The van der Waals surface area contributed by atoms with Crippen molar-refractivity contribution in [2.24, 2.45) is 5.84 Å². The van der Waals surface area contributed by atoms with Gasteiger partial charge in [-0.3, -0.25) is 10.2 Å². The van der Waals surface area contributed by atoms with E-state index in [0.717, 1.165) is 24.2 Å². The summed E-state index contributed by atoms with van der Waals surface area (Å²) < 4.78 is 5.87. The second-order valence-electron chi connectivity index (χ2n) is 4.94. The van der Waals surface area contributed by atoms with Crippen LogP contribution in [0.1, 0.15) is 30.7 Å². The number of nitrogens with zero attached hydrogens (tertiary/aromatic N) is 1. The number of hydrazine groups is 1. The van der Waals surface area contributed by atoms with E-state index in [2.05, 4.69) is 48.2 Å². The predicted molar refractivity (Wildman–Crippen MR) is 96.7 cm³/mol. The number of pyridine rings is 1. The molecule has 0 aliphatic carbocycles. The molecule has 0 unspecified atom stereocenters. The van der Waals surface area contributed by atoms with Gasteiger partial charge >= 0.3 is 0 Å². The van der Waals surface area contributed by atoms with Crippen molar-refractivity contribution in [3.63, 3.8) is 0 Å².